The molecule has 2 amide bonds. The van der Waals surface area contributed by atoms with Crippen LogP contribution in [0.15, 0.2) is 0 Å². The van der Waals surface area contributed by atoms with E-state index in [1.54, 1.807) is 14.0 Å². The monoisotopic (exact) mass is 234 g/mol. The molecule has 0 radical (unpaired) electrons. The molecule has 0 aromatic heterocycles. The number of nitrogens with zero attached hydrogens (tertiary/aromatic N) is 1. The third-order valence-electron chi connectivity index (χ3n) is 1.61. The summed E-state index contributed by atoms with van der Waals surface area (Å²) < 4.78 is 0. The van der Waals surface area contributed by atoms with Crippen LogP contribution in [0.1, 0.15) is 27.7 Å². The van der Waals surface area contributed by atoms with E-state index in [0.717, 1.165) is 0 Å². The minimum absolute atomic E-state index is 0.0349. The quantitative estimate of drug-likeness (QED) is 0.741. The lowest BCUT2D eigenvalue weighted by atomic mass is 10.1. The maximum absolute atomic E-state index is 11.4. The summed E-state index contributed by atoms with van der Waals surface area (Å²) in [7, 11) is 1.56. The third-order valence-corrected chi connectivity index (χ3v) is 1.80. The van der Waals surface area contributed by atoms with Crippen molar-refractivity contribution in [3.63, 3.8) is 0 Å². The summed E-state index contributed by atoms with van der Waals surface area (Å²) in [5.41, 5.74) is -0.284. The van der Waals surface area contributed by atoms with E-state index in [-0.39, 0.29) is 23.9 Å². The Labute approximate surface area is 96.0 Å². The summed E-state index contributed by atoms with van der Waals surface area (Å²) >= 11 is 5.62. The van der Waals surface area contributed by atoms with Gasteiger partial charge in [-0.3, -0.25) is 9.59 Å². The van der Waals surface area contributed by atoms with Crippen LogP contribution < -0.4 is 5.32 Å². The van der Waals surface area contributed by atoms with Gasteiger partial charge >= 0.3 is 0 Å². The molecule has 1 atom stereocenters. The Kier molecular flexibility index (Phi) is 5.08. The number of hydrogen-bond acceptors (Lipinski definition) is 2. The van der Waals surface area contributed by atoms with Crippen molar-refractivity contribution in [3.05, 3.63) is 0 Å². The molecule has 0 heterocycles. The van der Waals surface area contributed by atoms with Crippen molar-refractivity contribution in [3.8, 4) is 0 Å². The number of rotatable bonds is 3. The van der Waals surface area contributed by atoms with Gasteiger partial charge in [0.2, 0.25) is 11.8 Å². The van der Waals surface area contributed by atoms with Gasteiger partial charge in [-0.05, 0) is 27.7 Å². The largest absolute Gasteiger partial charge is 0.350 e. The Morgan fingerprint density at radius 2 is 1.87 bits per heavy atom. The second kappa shape index (κ2) is 5.35. The lowest BCUT2D eigenvalue weighted by molar-refractivity contribution is -0.134. The zero-order valence-electron chi connectivity index (χ0n) is 9.93. The Morgan fingerprint density at radius 3 is 2.20 bits per heavy atom. The van der Waals surface area contributed by atoms with Crippen LogP contribution >= 0.6 is 11.6 Å². The average molecular weight is 235 g/mol. The molecular formula is C10H19ClN2O2. The smallest absolute Gasteiger partial charge is 0.240 e. The number of nitrogens with one attached hydrogen (secondary N) is 1. The number of carbonyl (C=O) groups excluding carboxylic acids is 2. The van der Waals surface area contributed by atoms with E-state index in [4.69, 9.17) is 11.6 Å². The van der Waals surface area contributed by atoms with Gasteiger partial charge < -0.3 is 10.2 Å². The van der Waals surface area contributed by atoms with Crippen LogP contribution in [0.2, 0.25) is 0 Å². The molecule has 0 aliphatic rings. The van der Waals surface area contributed by atoms with Crippen LogP contribution in [-0.2, 0) is 9.59 Å². The molecule has 0 rings (SSSR count). The molecule has 88 valence electrons. The zero-order chi connectivity index (χ0) is 12.2. The number of amides is 2. The van der Waals surface area contributed by atoms with Gasteiger partial charge in [0.15, 0.2) is 0 Å². The first-order chi connectivity index (χ1) is 6.63. The van der Waals surface area contributed by atoms with Crippen LogP contribution in [-0.4, -0.2) is 41.2 Å². The molecule has 0 aliphatic heterocycles. The summed E-state index contributed by atoms with van der Waals surface area (Å²) in [6, 6.07) is 0. The molecule has 0 saturated heterocycles. The fourth-order valence-electron chi connectivity index (χ4n) is 1.05. The van der Waals surface area contributed by atoms with E-state index in [1.165, 1.54) is 4.90 Å². The second-order valence-electron chi connectivity index (χ2n) is 4.61. The Morgan fingerprint density at radius 1 is 1.40 bits per heavy atom. The summed E-state index contributed by atoms with van der Waals surface area (Å²) in [4.78, 5) is 24.1. The molecule has 15 heavy (non-hydrogen) atoms. The number of carbonyl (C=O) groups is 2. The van der Waals surface area contributed by atoms with Gasteiger partial charge in [0.1, 0.15) is 5.38 Å². The lowest BCUT2D eigenvalue weighted by Crippen LogP contribution is -2.47. The van der Waals surface area contributed by atoms with Crippen molar-refractivity contribution in [2.45, 2.75) is 38.6 Å². The van der Waals surface area contributed by atoms with Crippen LogP contribution in [0.3, 0.4) is 0 Å². The number of halogens is 1. The molecule has 5 heteroatoms. The Hall–Kier alpha value is -0.770. The van der Waals surface area contributed by atoms with Crippen LogP contribution in [0.25, 0.3) is 0 Å². The molecule has 0 spiro atoms. The third kappa shape index (κ3) is 6.33. The summed E-state index contributed by atoms with van der Waals surface area (Å²) in [5, 5.41) is 2.17. The number of likely N-dealkylation sites (N-methyl/N-ethyl adjacent to an activating group) is 1. The minimum atomic E-state index is -0.600. The fourth-order valence-corrected chi connectivity index (χ4v) is 1.22. The van der Waals surface area contributed by atoms with E-state index in [1.807, 2.05) is 20.8 Å². The van der Waals surface area contributed by atoms with Gasteiger partial charge in [0.25, 0.3) is 0 Å². The first-order valence-corrected chi connectivity index (χ1v) is 5.27. The van der Waals surface area contributed by atoms with Crippen molar-refractivity contribution in [1.29, 1.82) is 0 Å². The van der Waals surface area contributed by atoms with Crippen LogP contribution in [0, 0.1) is 0 Å². The molecule has 0 aromatic rings. The van der Waals surface area contributed by atoms with E-state index < -0.39 is 5.38 Å². The van der Waals surface area contributed by atoms with Crippen molar-refractivity contribution in [2.24, 2.45) is 0 Å². The second-order valence-corrected chi connectivity index (χ2v) is 5.26. The van der Waals surface area contributed by atoms with Gasteiger partial charge in [0.05, 0.1) is 6.54 Å². The van der Waals surface area contributed by atoms with E-state index in [9.17, 15) is 9.59 Å². The highest BCUT2D eigenvalue weighted by Gasteiger charge is 2.19. The van der Waals surface area contributed by atoms with Crippen molar-refractivity contribution >= 4 is 23.4 Å². The van der Waals surface area contributed by atoms with Gasteiger partial charge in [-0.15, -0.1) is 11.6 Å². The topological polar surface area (TPSA) is 49.4 Å². The molecule has 0 fully saturated rings. The number of alkyl halides is 1. The maximum atomic E-state index is 11.4. The van der Waals surface area contributed by atoms with Gasteiger partial charge in [0, 0.05) is 12.6 Å². The van der Waals surface area contributed by atoms with Gasteiger partial charge in [-0.2, -0.15) is 0 Å². The predicted molar refractivity (Wildman–Crippen MR) is 60.8 cm³/mol. The molecule has 0 aliphatic carbocycles. The first kappa shape index (κ1) is 14.2. The average Bonchev–Trinajstić information content (AvgIpc) is 1.98. The zero-order valence-corrected chi connectivity index (χ0v) is 10.7. The molecule has 0 bridgehead atoms. The predicted octanol–water partition coefficient (Wildman–Crippen LogP) is 0.987. The SMILES string of the molecule is CC(Cl)C(=O)N(C)CC(=O)NC(C)(C)C. The standard InChI is InChI=1S/C10H19ClN2O2/c1-7(11)9(15)13(5)6-8(14)12-10(2,3)4/h7H,6H2,1-5H3,(H,12,14). The van der Waals surface area contributed by atoms with Crippen molar-refractivity contribution in [2.75, 3.05) is 13.6 Å². The normalized spacial score (nSPS) is 13.2. The summed E-state index contributed by atoms with van der Waals surface area (Å²) in [5.74, 6) is -0.434. The first-order valence-electron chi connectivity index (χ1n) is 4.83. The van der Waals surface area contributed by atoms with Crippen molar-refractivity contribution < 1.29 is 9.59 Å². The molecule has 4 nitrogen and oxygen atoms in total. The Bertz CT molecular complexity index is 246. The van der Waals surface area contributed by atoms with Crippen molar-refractivity contribution in [1.82, 2.24) is 10.2 Å². The van der Waals surface area contributed by atoms with E-state index in [0.29, 0.717) is 0 Å². The maximum Gasteiger partial charge on any atom is 0.240 e. The van der Waals surface area contributed by atoms with E-state index in [2.05, 4.69) is 5.32 Å². The van der Waals surface area contributed by atoms with Gasteiger partial charge in [-0.25, -0.2) is 0 Å². The highest BCUT2D eigenvalue weighted by molar-refractivity contribution is 6.30. The minimum Gasteiger partial charge on any atom is -0.350 e. The molecule has 1 unspecified atom stereocenters. The van der Waals surface area contributed by atoms with Gasteiger partial charge in [-0.1, -0.05) is 0 Å². The highest BCUT2D eigenvalue weighted by Crippen LogP contribution is 2.01. The summed E-state index contributed by atoms with van der Waals surface area (Å²) in [6.45, 7) is 7.28. The molecule has 0 saturated carbocycles. The van der Waals surface area contributed by atoms with Crippen LogP contribution in [0.5, 0.6) is 0 Å². The Balaban J connectivity index is 4.14. The van der Waals surface area contributed by atoms with Crippen LogP contribution in [0.4, 0.5) is 0 Å². The molecule has 0 aromatic carbocycles. The fraction of sp³-hybridized carbons (Fsp3) is 0.800. The molecular weight excluding hydrogens is 216 g/mol. The summed E-state index contributed by atoms with van der Waals surface area (Å²) in [6.07, 6.45) is 0. The highest BCUT2D eigenvalue weighted by atomic mass is 35.5. The lowest BCUT2D eigenvalue weighted by Gasteiger charge is -2.23. The van der Waals surface area contributed by atoms with E-state index >= 15 is 0 Å². The number of hydrogen-bond donors (Lipinski definition) is 1. The molecule has 1 N–H and O–H groups in total.